The molecule has 0 aliphatic rings. The molecule has 0 saturated heterocycles. The molecule has 0 unspecified atom stereocenters. The van der Waals surface area contributed by atoms with Crippen LogP contribution in [0.15, 0.2) is 53.4 Å². The number of halogens is 1. The first-order valence-electron chi connectivity index (χ1n) is 7.99. The largest absolute Gasteiger partial charge is 0.372 e. The number of nitrogens with one attached hydrogen (secondary N) is 1. The second kappa shape index (κ2) is 8.36. The van der Waals surface area contributed by atoms with E-state index in [1.54, 1.807) is 12.1 Å². The van der Waals surface area contributed by atoms with Crippen molar-refractivity contribution in [1.29, 1.82) is 0 Å². The molecule has 25 heavy (non-hydrogen) atoms. The molecule has 2 aromatic carbocycles. The van der Waals surface area contributed by atoms with Crippen LogP contribution in [-0.4, -0.2) is 33.2 Å². The third-order valence-electron chi connectivity index (χ3n) is 3.77. The van der Waals surface area contributed by atoms with Crippen LogP contribution in [0.25, 0.3) is 0 Å². The summed E-state index contributed by atoms with van der Waals surface area (Å²) in [5.74, 6) is -1.20. The van der Waals surface area contributed by atoms with Crippen molar-refractivity contribution in [2.45, 2.75) is 18.7 Å². The average molecular weight is 381 g/mol. The Labute approximate surface area is 153 Å². The summed E-state index contributed by atoms with van der Waals surface area (Å²) in [6.45, 7) is 5.92. The van der Waals surface area contributed by atoms with Crippen LogP contribution < -0.4 is 10.2 Å². The minimum Gasteiger partial charge on any atom is -0.372 e. The van der Waals surface area contributed by atoms with Gasteiger partial charge in [0.15, 0.2) is 9.84 Å². The van der Waals surface area contributed by atoms with Crippen LogP contribution in [0.5, 0.6) is 0 Å². The Balaban J connectivity index is 2.03. The lowest BCUT2D eigenvalue weighted by atomic mass is 10.2. The lowest BCUT2D eigenvalue weighted by Gasteiger charge is -2.21. The van der Waals surface area contributed by atoms with E-state index in [0.29, 0.717) is 10.7 Å². The van der Waals surface area contributed by atoms with Gasteiger partial charge >= 0.3 is 0 Å². The number of sulfone groups is 1. The molecule has 0 aromatic heterocycles. The van der Waals surface area contributed by atoms with Crippen molar-refractivity contribution in [3.8, 4) is 0 Å². The van der Waals surface area contributed by atoms with Gasteiger partial charge in [0.05, 0.1) is 4.90 Å². The Morgan fingerprint density at radius 1 is 1.00 bits per heavy atom. The lowest BCUT2D eigenvalue weighted by molar-refractivity contribution is -0.113. The van der Waals surface area contributed by atoms with Gasteiger partial charge in [-0.1, -0.05) is 11.6 Å². The molecule has 134 valence electrons. The highest BCUT2D eigenvalue weighted by Crippen LogP contribution is 2.19. The number of benzene rings is 2. The Hall–Kier alpha value is -2.05. The molecule has 1 amide bonds. The van der Waals surface area contributed by atoms with Crippen molar-refractivity contribution in [3.05, 3.63) is 53.6 Å². The standard InChI is InChI=1S/C18H21ClN2O3S/c1-3-21(4-2)16-9-7-15(8-10-16)20-18(22)13-25(23,24)17-11-5-14(19)6-12-17/h5-12H,3-4,13H2,1-2H3,(H,20,22). The van der Waals surface area contributed by atoms with Gasteiger partial charge in [-0.15, -0.1) is 0 Å². The molecule has 0 saturated carbocycles. The summed E-state index contributed by atoms with van der Waals surface area (Å²) in [4.78, 5) is 14.3. The fourth-order valence-electron chi connectivity index (χ4n) is 2.44. The number of carbonyl (C=O) groups excluding carboxylic acids is 1. The monoisotopic (exact) mass is 380 g/mol. The van der Waals surface area contributed by atoms with Crippen molar-refractivity contribution in [1.82, 2.24) is 0 Å². The van der Waals surface area contributed by atoms with E-state index in [1.165, 1.54) is 24.3 Å². The molecule has 5 nitrogen and oxygen atoms in total. The SMILES string of the molecule is CCN(CC)c1ccc(NC(=O)CS(=O)(=O)c2ccc(Cl)cc2)cc1. The molecular weight excluding hydrogens is 360 g/mol. The van der Waals surface area contributed by atoms with Crippen LogP contribution in [0.4, 0.5) is 11.4 Å². The minimum atomic E-state index is -3.70. The molecule has 2 aromatic rings. The zero-order valence-corrected chi connectivity index (χ0v) is 15.8. The third kappa shape index (κ3) is 5.21. The number of hydrogen-bond donors (Lipinski definition) is 1. The van der Waals surface area contributed by atoms with Gasteiger partial charge in [-0.25, -0.2) is 8.42 Å². The van der Waals surface area contributed by atoms with E-state index in [-0.39, 0.29) is 4.90 Å². The molecule has 2 rings (SSSR count). The minimum absolute atomic E-state index is 0.0731. The maximum Gasteiger partial charge on any atom is 0.239 e. The third-order valence-corrected chi connectivity index (χ3v) is 5.66. The van der Waals surface area contributed by atoms with Crippen LogP contribution in [0, 0.1) is 0 Å². The van der Waals surface area contributed by atoms with E-state index >= 15 is 0 Å². The van der Waals surface area contributed by atoms with E-state index in [4.69, 9.17) is 11.6 Å². The Morgan fingerprint density at radius 3 is 2.08 bits per heavy atom. The first-order chi connectivity index (χ1) is 11.9. The quantitative estimate of drug-likeness (QED) is 0.797. The number of nitrogens with zero attached hydrogens (tertiary/aromatic N) is 1. The van der Waals surface area contributed by atoms with Gasteiger partial charge in [0.2, 0.25) is 5.91 Å². The molecule has 0 aliphatic carbocycles. The second-order valence-electron chi connectivity index (χ2n) is 5.48. The summed E-state index contributed by atoms with van der Waals surface area (Å²) in [5.41, 5.74) is 1.61. The van der Waals surface area contributed by atoms with Crippen molar-refractivity contribution < 1.29 is 13.2 Å². The molecular formula is C18H21ClN2O3S. The summed E-state index contributed by atoms with van der Waals surface area (Å²) in [6.07, 6.45) is 0. The van der Waals surface area contributed by atoms with Gasteiger partial charge in [-0.05, 0) is 62.4 Å². The van der Waals surface area contributed by atoms with Crippen LogP contribution in [0.1, 0.15) is 13.8 Å². The molecule has 0 aliphatic heterocycles. The van der Waals surface area contributed by atoms with Gasteiger partial charge in [0.25, 0.3) is 0 Å². The van der Waals surface area contributed by atoms with Crippen LogP contribution in [0.3, 0.4) is 0 Å². The summed E-state index contributed by atoms with van der Waals surface area (Å²) in [5, 5.41) is 3.06. The molecule has 0 heterocycles. The lowest BCUT2D eigenvalue weighted by Crippen LogP contribution is -2.23. The topological polar surface area (TPSA) is 66.5 Å². The first kappa shape index (κ1) is 19.3. The zero-order valence-electron chi connectivity index (χ0n) is 14.2. The summed E-state index contributed by atoms with van der Waals surface area (Å²) in [6, 6.07) is 13.1. The first-order valence-corrected chi connectivity index (χ1v) is 10.0. The Bertz CT molecular complexity index is 814. The smallest absolute Gasteiger partial charge is 0.239 e. The number of anilines is 2. The molecule has 7 heteroatoms. The number of amides is 1. The molecule has 0 fully saturated rings. The normalized spacial score (nSPS) is 11.2. The average Bonchev–Trinajstić information content (AvgIpc) is 2.57. The molecule has 0 spiro atoms. The van der Waals surface area contributed by atoms with Gasteiger partial charge in [-0.2, -0.15) is 0 Å². The van der Waals surface area contributed by atoms with Crippen molar-refractivity contribution in [3.63, 3.8) is 0 Å². The summed E-state index contributed by atoms with van der Waals surface area (Å²) >= 11 is 5.75. The number of hydrogen-bond acceptors (Lipinski definition) is 4. The van der Waals surface area contributed by atoms with Gasteiger partial charge in [0.1, 0.15) is 5.75 Å². The number of rotatable bonds is 7. The Kier molecular flexibility index (Phi) is 6.45. The van der Waals surface area contributed by atoms with Crippen molar-refractivity contribution in [2.75, 3.05) is 29.1 Å². The van der Waals surface area contributed by atoms with Crippen molar-refractivity contribution in [2.24, 2.45) is 0 Å². The van der Waals surface area contributed by atoms with Gasteiger partial charge < -0.3 is 10.2 Å². The van der Waals surface area contributed by atoms with E-state index in [2.05, 4.69) is 24.1 Å². The highest BCUT2D eigenvalue weighted by Gasteiger charge is 2.19. The summed E-state index contributed by atoms with van der Waals surface area (Å²) < 4.78 is 24.5. The molecule has 0 radical (unpaired) electrons. The molecule has 0 atom stereocenters. The predicted octanol–water partition coefficient (Wildman–Crippen LogP) is 3.60. The van der Waals surface area contributed by atoms with Crippen molar-refractivity contribution >= 4 is 38.7 Å². The van der Waals surface area contributed by atoms with Crippen LogP contribution in [-0.2, 0) is 14.6 Å². The predicted molar refractivity (Wildman–Crippen MR) is 102 cm³/mol. The van der Waals surface area contributed by atoms with E-state index in [1.807, 2.05) is 12.1 Å². The number of carbonyl (C=O) groups is 1. The molecule has 0 bridgehead atoms. The second-order valence-corrected chi connectivity index (χ2v) is 7.91. The van der Waals surface area contributed by atoms with E-state index in [0.717, 1.165) is 18.8 Å². The fraction of sp³-hybridized carbons (Fsp3) is 0.278. The van der Waals surface area contributed by atoms with Gasteiger partial charge in [-0.3, -0.25) is 4.79 Å². The zero-order chi connectivity index (χ0) is 18.4. The van der Waals surface area contributed by atoms with Gasteiger partial charge in [0, 0.05) is 29.5 Å². The maximum atomic E-state index is 12.3. The van der Waals surface area contributed by atoms with Crippen LogP contribution in [0.2, 0.25) is 5.02 Å². The summed E-state index contributed by atoms with van der Waals surface area (Å²) in [7, 11) is -3.70. The highest BCUT2D eigenvalue weighted by atomic mass is 35.5. The highest BCUT2D eigenvalue weighted by molar-refractivity contribution is 7.92. The van der Waals surface area contributed by atoms with E-state index in [9.17, 15) is 13.2 Å². The fourth-order valence-corrected chi connectivity index (χ4v) is 3.70. The molecule has 1 N–H and O–H groups in total. The van der Waals surface area contributed by atoms with Crippen LogP contribution >= 0.6 is 11.6 Å². The Morgan fingerprint density at radius 2 is 1.56 bits per heavy atom. The maximum absolute atomic E-state index is 12.3. The van der Waals surface area contributed by atoms with E-state index < -0.39 is 21.5 Å².